The fraction of sp³-hybridized carbons (Fsp3) is 0.0833. The molecule has 1 aromatic heterocycles. The van der Waals surface area contributed by atoms with Crippen LogP contribution in [0, 0.1) is 0 Å². The van der Waals surface area contributed by atoms with Crippen molar-refractivity contribution < 1.29 is 9.53 Å². The van der Waals surface area contributed by atoms with E-state index in [0.717, 1.165) is 11.1 Å². The Balaban J connectivity index is 1.41. The van der Waals surface area contributed by atoms with Gasteiger partial charge < -0.3 is 10.1 Å². The van der Waals surface area contributed by atoms with Gasteiger partial charge in [-0.1, -0.05) is 70.7 Å². The number of anilines is 1. The van der Waals surface area contributed by atoms with Crippen molar-refractivity contribution in [3.63, 3.8) is 0 Å². The maximum Gasteiger partial charge on any atom is 0.256 e. The molecule has 0 saturated carbocycles. The molecule has 3 aromatic carbocycles. The number of carbonyl (C=O) groups excluding carboxylic acids is 1. The molecular weight excluding hydrogens is 504 g/mol. The number of halogens is 4. The predicted octanol–water partition coefficient (Wildman–Crippen LogP) is 7.38. The van der Waals surface area contributed by atoms with E-state index in [1.807, 2.05) is 24.3 Å². The van der Waals surface area contributed by atoms with E-state index in [9.17, 15) is 4.79 Å². The predicted molar refractivity (Wildman–Crippen MR) is 133 cm³/mol. The third kappa shape index (κ3) is 6.21. The molecule has 168 valence electrons. The van der Waals surface area contributed by atoms with Crippen LogP contribution in [0.5, 0.6) is 5.75 Å². The zero-order valence-corrected chi connectivity index (χ0v) is 20.1. The SMILES string of the molecule is O=C(Nc1nn(Cc2ccc(Cl)c(Cl)c2)cc1Cl)c1cccc(COc2cccc(Cl)c2)c1. The molecule has 0 fully saturated rings. The number of rotatable bonds is 7. The summed E-state index contributed by atoms with van der Waals surface area (Å²) in [7, 11) is 0. The summed E-state index contributed by atoms with van der Waals surface area (Å²) in [4.78, 5) is 12.8. The molecule has 1 amide bonds. The lowest BCUT2D eigenvalue weighted by Gasteiger charge is -2.08. The Kier molecular flexibility index (Phi) is 7.46. The minimum Gasteiger partial charge on any atom is -0.489 e. The van der Waals surface area contributed by atoms with E-state index in [-0.39, 0.29) is 11.7 Å². The average molecular weight is 521 g/mol. The fourth-order valence-electron chi connectivity index (χ4n) is 3.09. The van der Waals surface area contributed by atoms with Gasteiger partial charge in [-0.3, -0.25) is 9.48 Å². The summed E-state index contributed by atoms with van der Waals surface area (Å²) in [5, 5.41) is 8.98. The summed E-state index contributed by atoms with van der Waals surface area (Å²) in [6.45, 7) is 0.712. The molecule has 4 aromatic rings. The van der Waals surface area contributed by atoms with E-state index >= 15 is 0 Å². The zero-order valence-electron chi connectivity index (χ0n) is 17.1. The highest BCUT2D eigenvalue weighted by atomic mass is 35.5. The van der Waals surface area contributed by atoms with E-state index in [1.54, 1.807) is 53.3 Å². The second-order valence-electron chi connectivity index (χ2n) is 7.17. The van der Waals surface area contributed by atoms with Gasteiger partial charge in [0.05, 0.1) is 16.6 Å². The lowest BCUT2D eigenvalue weighted by Crippen LogP contribution is -2.13. The van der Waals surface area contributed by atoms with Crippen molar-refractivity contribution >= 4 is 58.1 Å². The standard InChI is InChI=1S/C24H17Cl4N3O2/c25-18-5-2-6-19(11-18)33-14-16-3-1-4-17(9-16)24(32)29-23-22(28)13-31(30-23)12-15-7-8-20(26)21(27)10-15/h1-11,13H,12,14H2,(H,29,30,32). The number of hydrogen-bond donors (Lipinski definition) is 1. The molecule has 0 aliphatic rings. The molecule has 0 aliphatic heterocycles. The van der Waals surface area contributed by atoms with Crippen LogP contribution in [0.4, 0.5) is 5.82 Å². The summed E-state index contributed by atoms with van der Waals surface area (Å²) in [6, 6.07) is 19.6. The number of ether oxygens (including phenoxy) is 1. The van der Waals surface area contributed by atoms with E-state index in [1.165, 1.54) is 0 Å². The summed E-state index contributed by atoms with van der Waals surface area (Å²) in [5.41, 5.74) is 2.19. The van der Waals surface area contributed by atoms with Crippen molar-refractivity contribution in [1.29, 1.82) is 0 Å². The number of nitrogens with zero attached hydrogens (tertiary/aromatic N) is 2. The van der Waals surface area contributed by atoms with Gasteiger partial charge in [-0.15, -0.1) is 0 Å². The summed E-state index contributed by atoms with van der Waals surface area (Å²) in [6.07, 6.45) is 1.63. The molecule has 0 atom stereocenters. The lowest BCUT2D eigenvalue weighted by atomic mass is 10.1. The molecule has 0 radical (unpaired) electrons. The molecule has 0 bridgehead atoms. The van der Waals surface area contributed by atoms with Crippen molar-refractivity contribution in [2.75, 3.05) is 5.32 Å². The van der Waals surface area contributed by atoms with Crippen LogP contribution in [0.1, 0.15) is 21.5 Å². The highest BCUT2D eigenvalue weighted by Gasteiger charge is 2.13. The van der Waals surface area contributed by atoms with Crippen LogP contribution in [-0.2, 0) is 13.2 Å². The smallest absolute Gasteiger partial charge is 0.256 e. The highest BCUT2D eigenvalue weighted by Crippen LogP contribution is 2.25. The van der Waals surface area contributed by atoms with Crippen molar-refractivity contribution in [2.24, 2.45) is 0 Å². The monoisotopic (exact) mass is 519 g/mol. The Morgan fingerprint density at radius 1 is 0.879 bits per heavy atom. The first kappa shape index (κ1) is 23.5. The Bertz CT molecular complexity index is 1310. The number of carbonyl (C=O) groups is 1. The van der Waals surface area contributed by atoms with Gasteiger partial charge in [-0.05, 0) is 53.6 Å². The normalized spacial score (nSPS) is 10.8. The van der Waals surface area contributed by atoms with E-state index in [0.29, 0.717) is 44.6 Å². The molecule has 0 spiro atoms. The van der Waals surface area contributed by atoms with Gasteiger partial charge in [0.2, 0.25) is 0 Å². The Morgan fingerprint density at radius 3 is 2.48 bits per heavy atom. The van der Waals surface area contributed by atoms with Gasteiger partial charge >= 0.3 is 0 Å². The van der Waals surface area contributed by atoms with Crippen LogP contribution >= 0.6 is 46.4 Å². The zero-order chi connectivity index (χ0) is 23.4. The largest absolute Gasteiger partial charge is 0.489 e. The van der Waals surface area contributed by atoms with E-state index < -0.39 is 0 Å². The molecule has 4 rings (SSSR count). The minimum absolute atomic E-state index is 0.266. The van der Waals surface area contributed by atoms with Crippen molar-refractivity contribution in [1.82, 2.24) is 9.78 Å². The molecule has 1 N–H and O–H groups in total. The first-order valence-electron chi connectivity index (χ1n) is 9.83. The number of nitrogens with one attached hydrogen (secondary N) is 1. The summed E-state index contributed by atoms with van der Waals surface area (Å²) >= 11 is 24.3. The molecule has 1 heterocycles. The molecule has 33 heavy (non-hydrogen) atoms. The maximum atomic E-state index is 12.8. The number of aromatic nitrogens is 2. The van der Waals surface area contributed by atoms with Crippen molar-refractivity contribution in [3.05, 3.63) is 110 Å². The topological polar surface area (TPSA) is 56.2 Å². The molecule has 0 aliphatic carbocycles. The van der Waals surface area contributed by atoms with Gasteiger partial charge in [0.1, 0.15) is 17.4 Å². The number of benzene rings is 3. The van der Waals surface area contributed by atoms with Crippen LogP contribution < -0.4 is 10.1 Å². The third-order valence-corrected chi connectivity index (χ3v) is 5.92. The lowest BCUT2D eigenvalue weighted by molar-refractivity contribution is 0.102. The highest BCUT2D eigenvalue weighted by molar-refractivity contribution is 6.42. The van der Waals surface area contributed by atoms with Crippen LogP contribution in [0.3, 0.4) is 0 Å². The van der Waals surface area contributed by atoms with Crippen molar-refractivity contribution in [3.8, 4) is 5.75 Å². The maximum absolute atomic E-state index is 12.8. The van der Waals surface area contributed by atoms with Gasteiger partial charge in [-0.25, -0.2) is 0 Å². The average Bonchev–Trinajstić information content (AvgIpc) is 3.13. The van der Waals surface area contributed by atoms with Crippen LogP contribution in [-0.4, -0.2) is 15.7 Å². The Morgan fingerprint density at radius 2 is 1.70 bits per heavy atom. The minimum atomic E-state index is -0.332. The van der Waals surface area contributed by atoms with Gasteiger partial charge in [0.25, 0.3) is 5.91 Å². The molecule has 5 nitrogen and oxygen atoms in total. The van der Waals surface area contributed by atoms with Crippen LogP contribution in [0.2, 0.25) is 20.1 Å². The number of amides is 1. The number of hydrogen-bond acceptors (Lipinski definition) is 3. The van der Waals surface area contributed by atoms with E-state index in [2.05, 4.69) is 10.4 Å². The van der Waals surface area contributed by atoms with Gasteiger partial charge in [0.15, 0.2) is 5.82 Å². The molecular formula is C24H17Cl4N3O2. The molecule has 0 unspecified atom stereocenters. The van der Waals surface area contributed by atoms with Crippen LogP contribution in [0.15, 0.2) is 72.9 Å². The molecule has 9 heteroatoms. The quantitative estimate of drug-likeness (QED) is 0.276. The Hall–Kier alpha value is -2.70. The first-order chi connectivity index (χ1) is 15.9. The summed E-state index contributed by atoms with van der Waals surface area (Å²) < 4.78 is 7.37. The van der Waals surface area contributed by atoms with Gasteiger partial charge in [-0.2, -0.15) is 5.10 Å². The second-order valence-corrected chi connectivity index (χ2v) is 8.83. The van der Waals surface area contributed by atoms with Crippen molar-refractivity contribution in [2.45, 2.75) is 13.2 Å². The fourth-order valence-corrected chi connectivity index (χ4v) is 3.79. The first-order valence-corrected chi connectivity index (χ1v) is 11.3. The van der Waals surface area contributed by atoms with Gasteiger partial charge in [0, 0.05) is 16.8 Å². The second kappa shape index (κ2) is 10.5. The van der Waals surface area contributed by atoms with E-state index in [4.69, 9.17) is 51.1 Å². The molecule has 0 saturated heterocycles. The Labute approximate surface area is 210 Å². The van der Waals surface area contributed by atoms with Crippen LogP contribution in [0.25, 0.3) is 0 Å². The third-order valence-electron chi connectivity index (χ3n) is 4.67. The summed E-state index contributed by atoms with van der Waals surface area (Å²) in [5.74, 6) is 0.584.